The molecule has 132 valence electrons. The molecule has 0 bridgehead atoms. The molecule has 0 radical (unpaired) electrons. The molecule has 24 heavy (non-hydrogen) atoms. The molecule has 6 nitrogen and oxygen atoms in total. The lowest BCUT2D eigenvalue weighted by Crippen LogP contribution is -2.51. The molecule has 4 rings (SSSR count). The molecule has 1 atom stereocenters. The fraction of sp³-hybridized carbons (Fsp3) is 0.778. The summed E-state index contributed by atoms with van der Waals surface area (Å²) in [5.41, 5.74) is 0.347. The Balaban J connectivity index is 1.50. The third-order valence-electron chi connectivity index (χ3n) is 5.96. The van der Waals surface area contributed by atoms with Crippen LogP contribution < -0.4 is 4.74 Å². The second-order valence-corrected chi connectivity index (χ2v) is 7.54. The van der Waals surface area contributed by atoms with E-state index in [4.69, 9.17) is 4.74 Å². The van der Waals surface area contributed by atoms with E-state index in [0.717, 1.165) is 31.4 Å². The summed E-state index contributed by atoms with van der Waals surface area (Å²) >= 11 is 0. The summed E-state index contributed by atoms with van der Waals surface area (Å²) in [6, 6.07) is 0.450. The predicted octanol–water partition coefficient (Wildman–Crippen LogP) is 2.59. The molecule has 0 aromatic carbocycles. The van der Waals surface area contributed by atoms with E-state index in [1.165, 1.54) is 12.8 Å². The molecule has 1 saturated heterocycles. The first-order chi connectivity index (χ1) is 11.6. The summed E-state index contributed by atoms with van der Waals surface area (Å²) in [5, 5.41) is 15.2. The summed E-state index contributed by atoms with van der Waals surface area (Å²) in [7, 11) is 0. The van der Waals surface area contributed by atoms with Crippen LogP contribution in [0.1, 0.15) is 76.1 Å². The van der Waals surface area contributed by atoms with Crippen LogP contribution in [0.5, 0.6) is 5.75 Å². The van der Waals surface area contributed by atoms with E-state index < -0.39 is 6.10 Å². The Bertz CT molecular complexity index is 613. The van der Waals surface area contributed by atoms with Crippen molar-refractivity contribution in [1.82, 2.24) is 14.7 Å². The number of likely N-dealkylation sites (tertiary alicyclic amines) is 1. The average molecular weight is 333 g/mol. The minimum Gasteiger partial charge on any atom is -0.483 e. The van der Waals surface area contributed by atoms with Gasteiger partial charge in [-0.05, 0) is 12.8 Å². The Morgan fingerprint density at radius 3 is 2.75 bits per heavy atom. The van der Waals surface area contributed by atoms with Crippen molar-refractivity contribution in [2.75, 3.05) is 13.1 Å². The Hall–Kier alpha value is -1.56. The molecule has 3 aliphatic rings. The zero-order chi connectivity index (χ0) is 16.7. The number of carbonyl (C=O) groups is 1. The highest BCUT2D eigenvalue weighted by molar-refractivity contribution is 5.75. The first kappa shape index (κ1) is 15.9. The molecule has 1 unspecified atom stereocenters. The SMILES string of the molecule is CCC(=O)N1CCC2(CC1)CC(O)c1nn(C3CCCC3)cc1O2. The summed E-state index contributed by atoms with van der Waals surface area (Å²) in [5.74, 6) is 0.951. The van der Waals surface area contributed by atoms with Crippen LogP contribution >= 0.6 is 0 Å². The minimum absolute atomic E-state index is 0.205. The Morgan fingerprint density at radius 2 is 2.08 bits per heavy atom. The standard InChI is InChI=1S/C18H27N3O3/c1-2-16(23)20-9-7-18(8-10-20)11-14(22)17-15(24-18)12-21(19-17)13-5-3-4-6-13/h12-14,22H,2-11H2,1H3. The van der Waals surface area contributed by atoms with Gasteiger partial charge in [-0.3, -0.25) is 9.48 Å². The lowest BCUT2D eigenvalue weighted by molar-refractivity contribution is -0.135. The van der Waals surface area contributed by atoms with Gasteiger partial charge in [-0.1, -0.05) is 19.8 Å². The van der Waals surface area contributed by atoms with Crippen molar-refractivity contribution in [3.05, 3.63) is 11.9 Å². The van der Waals surface area contributed by atoms with Crippen LogP contribution in [0.2, 0.25) is 0 Å². The van der Waals surface area contributed by atoms with Crippen molar-refractivity contribution in [3.8, 4) is 5.75 Å². The molecule has 1 spiro atoms. The molecule has 2 aliphatic heterocycles. The molecule has 1 N–H and O–H groups in total. The number of fused-ring (bicyclic) bond motifs is 1. The van der Waals surface area contributed by atoms with Gasteiger partial charge in [-0.25, -0.2) is 0 Å². The fourth-order valence-electron chi connectivity index (χ4n) is 4.47. The van der Waals surface area contributed by atoms with Gasteiger partial charge in [0.1, 0.15) is 17.4 Å². The lowest BCUT2D eigenvalue weighted by atomic mass is 9.83. The van der Waals surface area contributed by atoms with Crippen molar-refractivity contribution < 1.29 is 14.6 Å². The van der Waals surface area contributed by atoms with E-state index in [-0.39, 0.29) is 11.5 Å². The monoisotopic (exact) mass is 333 g/mol. The van der Waals surface area contributed by atoms with Crippen molar-refractivity contribution >= 4 is 5.91 Å². The zero-order valence-electron chi connectivity index (χ0n) is 14.4. The summed E-state index contributed by atoms with van der Waals surface area (Å²) in [6.07, 6.45) is 8.95. The quantitative estimate of drug-likeness (QED) is 0.903. The van der Waals surface area contributed by atoms with E-state index in [2.05, 4.69) is 5.10 Å². The number of aliphatic hydroxyl groups excluding tert-OH is 1. The first-order valence-electron chi connectivity index (χ1n) is 9.34. The van der Waals surface area contributed by atoms with Gasteiger partial charge in [0.05, 0.1) is 12.2 Å². The Labute approximate surface area is 142 Å². The number of amides is 1. The second-order valence-electron chi connectivity index (χ2n) is 7.54. The number of rotatable bonds is 2. The van der Waals surface area contributed by atoms with Crippen molar-refractivity contribution in [3.63, 3.8) is 0 Å². The number of piperidine rings is 1. The highest BCUT2D eigenvalue weighted by Crippen LogP contribution is 2.44. The van der Waals surface area contributed by atoms with Gasteiger partial charge in [0, 0.05) is 38.8 Å². The van der Waals surface area contributed by atoms with Gasteiger partial charge in [-0.2, -0.15) is 5.10 Å². The number of aliphatic hydroxyl groups is 1. The third-order valence-corrected chi connectivity index (χ3v) is 5.96. The van der Waals surface area contributed by atoms with Crippen LogP contribution in [-0.2, 0) is 4.79 Å². The van der Waals surface area contributed by atoms with E-state index in [1.54, 1.807) is 0 Å². The Morgan fingerprint density at radius 1 is 1.38 bits per heavy atom. The van der Waals surface area contributed by atoms with Gasteiger partial charge < -0.3 is 14.7 Å². The molecular formula is C18H27N3O3. The van der Waals surface area contributed by atoms with Gasteiger partial charge >= 0.3 is 0 Å². The van der Waals surface area contributed by atoms with Crippen LogP contribution in [-0.4, -0.2) is 44.4 Å². The number of aromatic nitrogens is 2. The normalized spacial score (nSPS) is 26.4. The van der Waals surface area contributed by atoms with E-state index in [9.17, 15) is 9.90 Å². The lowest BCUT2D eigenvalue weighted by Gasteiger charge is -2.44. The van der Waals surface area contributed by atoms with Gasteiger partial charge in [-0.15, -0.1) is 0 Å². The van der Waals surface area contributed by atoms with Gasteiger partial charge in [0.15, 0.2) is 5.75 Å². The zero-order valence-corrected chi connectivity index (χ0v) is 14.4. The van der Waals surface area contributed by atoms with Crippen molar-refractivity contribution in [2.24, 2.45) is 0 Å². The topological polar surface area (TPSA) is 67.6 Å². The maximum atomic E-state index is 11.9. The number of hydrogen-bond acceptors (Lipinski definition) is 4. The Kier molecular flexibility index (Phi) is 4.03. The van der Waals surface area contributed by atoms with Crippen LogP contribution in [0.15, 0.2) is 6.20 Å². The van der Waals surface area contributed by atoms with E-state index in [1.807, 2.05) is 22.7 Å². The molecule has 3 heterocycles. The highest BCUT2D eigenvalue weighted by atomic mass is 16.5. The van der Waals surface area contributed by atoms with E-state index in [0.29, 0.717) is 37.7 Å². The van der Waals surface area contributed by atoms with Crippen LogP contribution in [0.4, 0.5) is 0 Å². The molecule has 1 aromatic heterocycles. The number of nitrogens with zero attached hydrogens (tertiary/aromatic N) is 3. The van der Waals surface area contributed by atoms with Crippen molar-refractivity contribution in [1.29, 1.82) is 0 Å². The highest BCUT2D eigenvalue weighted by Gasteiger charge is 2.45. The number of carbonyl (C=O) groups excluding carboxylic acids is 1. The minimum atomic E-state index is -0.565. The van der Waals surface area contributed by atoms with Crippen LogP contribution in [0, 0.1) is 0 Å². The van der Waals surface area contributed by atoms with E-state index >= 15 is 0 Å². The number of hydrogen-bond donors (Lipinski definition) is 1. The first-order valence-corrected chi connectivity index (χ1v) is 9.34. The number of ether oxygens (including phenoxy) is 1. The summed E-state index contributed by atoms with van der Waals surface area (Å²) in [6.45, 7) is 3.33. The molecule has 1 aliphatic carbocycles. The van der Waals surface area contributed by atoms with Crippen molar-refractivity contribution in [2.45, 2.75) is 76.0 Å². The second kappa shape index (κ2) is 6.06. The van der Waals surface area contributed by atoms with Crippen LogP contribution in [0.25, 0.3) is 0 Å². The predicted molar refractivity (Wildman–Crippen MR) is 88.8 cm³/mol. The third kappa shape index (κ3) is 2.70. The molecule has 1 amide bonds. The van der Waals surface area contributed by atoms with Gasteiger partial charge in [0.2, 0.25) is 5.91 Å². The largest absolute Gasteiger partial charge is 0.483 e. The van der Waals surface area contributed by atoms with Crippen LogP contribution in [0.3, 0.4) is 0 Å². The summed E-state index contributed by atoms with van der Waals surface area (Å²) in [4.78, 5) is 13.8. The molecule has 2 fully saturated rings. The maximum absolute atomic E-state index is 11.9. The molecule has 1 aromatic rings. The molecular weight excluding hydrogens is 306 g/mol. The average Bonchev–Trinajstić information content (AvgIpc) is 3.24. The molecule has 6 heteroatoms. The fourth-order valence-corrected chi connectivity index (χ4v) is 4.47. The smallest absolute Gasteiger partial charge is 0.222 e. The summed E-state index contributed by atoms with van der Waals surface area (Å²) < 4.78 is 8.36. The van der Waals surface area contributed by atoms with Gasteiger partial charge in [0.25, 0.3) is 0 Å². The molecule has 1 saturated carbocycles. The maximum Gasteiger partial charge on any atom is 0.222 e.